The molecule has 1 N–H and O–H groups in total. The van der Waals surface area contributed by atoms with Crippen molar-refractivity contribution in [2.45, 2.75) is 59.5 Å². The van der Waals surface area contributed by atoms with E-state index in [0.717, 1.165) is 12.0 Å². The van der Waals surface area contributed by atoms with Crippen LogP contribution in [0.4, 0.5) is 0 Å². The number of hydrogen-bond donors (Lipinski definition) is 1. The standard InChI is InChI=1S/C19H28N2O2/c1-13(19(3,4)5)20-18(23)12-17-16-9-7-6-8-15(16)10-11-21(17)14(2)22/h6-9,13,17H,10-12H2,1-5H3,(H,20,23)/t13-,17+/m0/s1. The molecule has 4 heteroatoms. The van der Waals surface area contributed by atoms with Crippen molar-refractivity contribution >= 4 is 11.8 Å². The lowest BCUT2D eigenvalue weighted by atomic mass is 9.87. The van der Waals surface area contributed by atoms with Gasteiger partial charge in [-0.3, -0.25) is 9.59 Å². The van der Waals surface area contributed by atoms with Gasteiger partial charge in [-0.25, -0.2) is 0 Å². The van der Waals surface area contributed by atoms with Gasteiger partial charge in [0.1, 0.15) is 0 Å². The summed E-state index contributed by atoms with van der Waals surface area (Å²) >= 11 is 0. The quantitative estimate of drug-likeness (QED) is 0.931. The van der Waals surface area contributed by atoms with Gasteiger partial charge in [-0.2, -0.15) is 0 Å². The molecule has 0 aromatic heterocycles. The summed E-state index contributed by atoms with van der Waals surface area (Å²) in [7, 11) is 0. The van der Waals surface area contributed by atoms with Crippen LogP contribution >= 0.6 is 0 Å². The number of carbonyl (C=O) groups is 2. The zero-order valence-corrected chi connectivity index (χ0v) is 14.8. The number of benzene rings is 1. The van der Waals surface area contributed by atoms with Crippen LogP contribution in [0, 0.1) is 5.41 Å². The second kappa shape index (κ2) is 6.73. The van der Waals surface area contributed by atoms with E-state index in [0.29, 0.717) is 13.0 Å². The Morgan fingerprint density at radius 3 is 2.57 bits per heavy atom. The summed E-state index contributed by atoms with van der Waals surface area (Å²) in [6, 6.07) is 8.04. The molecule has 2 rings (SSSR count). The summed E-state index contributed by atoms with van der Waals surface area (Å²) in [4.78, 5) is 26.3. The molecule has 0 aliphatic carbocycles. The van der Waals surface area contributed by atoms with Gasteiger partial charge in [0.05, 0.1) is 12.5 Å². The van der Waals surface area contributed by atoms with Gasteiger partial charge < -0.3 is 10.2 Å². The van der Waals surface area contributed by atoms with E-state index in [2.05, 4.69) is 32.2 Å². The number of carbonyl (C=O) groups excluding carboxylic acids is 2. The monoisotopic (exact) mass is 316 g/mol. The van der Waals surface area contributed by atoms with E-state index in [9.17, 15) is 9.59 Å². The Morgan fingerprint density at radius 2 is 1.96 bits per heavy atom. The van der Waals surface area contributed by atoms with E-state index >= 15 is 0 Å². The van der Waals surface area contributed by atoms with Gasteiger partial charge in [0.15, 0.2) is 0 Å². The summed E-state index contributed by atoms with van der Waals surface area (Å²) in [5.74, 6) is 0.0292. The maximum absolute atomic E-state index is 12.5. The molecule has 23 heavy (non-hydrogen) atoms. The molecule has 0 saturated carbocycles. The third-order valence-corrected chi connectivity index (χ3v) is 4.87. The summed E-state index contributed by atoms with van der Waals surface area (Å²) in [6.07, 6.45) is 1.17. The SMILES string of the molecule is CC(=O)N1CCc2ccccc2[C@H]1CC(=O)N[C@@H](C)C(C)(C)C. The first kappa shape index (κ1) is 17.5. The lowest BCUT2D eigenvalue weighted by Gasteiger charge is -2.37. The molecule has 0 bridgehead atoms. The molecular formula is C19H28N2O2. The van der Waals surface area contributed by atoms with E-state index in [1.54, 1.807) is 6.92 Å². The Balaban J connectivity index is 2.18. The Labute approximate surface area is 139 Å². The molecule has 1 aliphatic rings. The zero-order chi connectivity index (χ0) is 17.2. The van der Waals surface area contributed by atoms with Gasteiger partial charge in [-0.05, 0) is 29.9 Å². The first-order valence-corrected chi connectivity index (χ1v) is 8.34. The summed E-state index contributed by atoms with van der Waals surface area (Å²) in [6.45, 7) is 10.6. The van der Waals surface area contributed by atoms with E-state index in [-0.39, 0.29) is 29.3 Å². The summed E-state index contributed by atoms with van der Waals surface area (Å²) in [5.41, 5.74) is 2.36. The summed E-state index contributed by atoms with van der Waals surface area (Å²) in [5, 5.41) is 3.08. The third-order valence-electron chi connectivity index (χ3n) is 4.87. The number of nitrogens with zero attached hydrogens (tertiary/aromatic N) is 1. The van der Waals surface area contributed by atoms with Crippen molar-refractivity contribution in [2.24, 2.45) is 5.41 Å². The molecule has 1 aromatic rings. The van der Waals surface area contributed by atoms with Crippen LogP contribution in [0.3, 0.4) is 0 Å². The molecule has 2 atom stereocenters. The molecule has 1 aromatic carbocycles. The lowest BCUT2D eigenvalue weighted by molar-refractivity contribution is -0.133. The maximum Gasteiger partial charge on any atom is 0.222 e. The predicted octanol–water partition coefficient (Wildman–Crippen LogP) is 3.07. The molecule has 1 aliphatic heterocycles. The number of hydrogen-bond acceptors (Lipinski definition) is 2. The van der Waals surface area contributed by atoms with Crippen molar-refractivity contribution in [3.05, 3.63) is 35.4 Å². The van der Waals surface area contributed by atoms with Gasteiger partial charge >= 0.3 is 0 Å². The second-order valence-corrected chi connectivity index (χ2v) is 7.54. The molecule has 0 unspecified atom stereocenters. The molecule has 0 radical (unpaired) electrons. The van der Waals surface area contributed by atoms with Gasteiger partial charge in [-0.1, -0.05) is 45.0 Å². The van der Waals surface area contributed by atoms with Crippen molar-refractivity contribution in [2.75, 3.05) is 6.54 Å². The normalized spacial score (nSPS) is 19.0. The van der Waals surface area contributed by atoms with Gasteiger partial charge in [0, 0.05) is 19.5 Å². The molecule has 0 fully saturated rings. The van der Waals surface area contributed by atoms with E-state index < -0.39 is 0 Å². The fraction of sp³-hybridized carbons (Fsp3) is 0.579. The van der Waals surface area contributed by atoms with Crippen LogP contribution in [-0.4, -0.2) is 29.3 Å². The van der Waals surface area contributed by atoms with Crippen molar-refractivity contribution in [1.82, 2.24) is 10.2 Å². The van der Waals surface area contributed by atoms with E-state index in [1.165, 1.54) is 5.56 Å². The zero-order valence-electron chi connectivity index (χ0n) is 14.8. The smallest absolute Gasteiger partial charge is 0.222 e. The maximum atomic E-state index is 12.5. The minimum atomic E-state index is -0.162. The lowest BCUT2D eigenvalue weighted by Crippen LogP contribution is -2.45. The number of nitrogens with one attached hydrogen (secondary N) is 1. The average Bonchev–Trinajstić information content (AvgIpc) is 2.46. The molecule has 2 amide bonds. The summed E-state index contributed by atoms with van der Waals surface area (Å²) < 4.78 is 0. The second-order valence-electron chi connectivity index (χ2n) is 7.54. The van der Waals surface area contributed by atoms with Crippen LogP contribution in [0.1, 0.15) is 58.2 Å². The number of rotatable bonds is 3. The largest absolute Gasteiger partial charge is 0.353 e. The van der Waals surface area contributed by atoms with Gasteiger partial charge in [0.2, 0.25) is 11.8 Å². The Hall–Kier alpha value is -1.84. The highest BCUT2D eigenvalue weighted by molar-refractivity contribution is 5.80. The average molecular weight is 316 g/mol. The molecule has 0 spiro atoms. The first-order valence-electron chi connectivity index (χ1n) is 8.34. The van der Waals surface area contributed by atoms with Gasteiger partial charge in [0.25, 0.3) is 0 Å². The molecular weight excluding hydrogens is 288 g/mol. The van der Waals surface area contributed by atoms with Crippen LogP contribution in [0.25, 0.3) is 0 Å². The van der Waals surface area contributed by atoms with Crippen molar-refractivity contribution < 1.29 is 9.59 Å². The predicted molar refractivity (Wildman–Crippen MR) is 92.0 cm³/mol. The molecule has 126 valence electrons. The molecule has 0 saturated heterocycles. The van der Waals surface area contributed by atoms with Crippen molar-refractivity contribution in [3.63, 3.8) is 0 Å². The highest BCUT2D eigenvalue weighted by atomic mass is 16.2. The highest BCUT2D eigenvalue weighted by Crippen LogP contribution is 2.32. The third kappa shape index (κ3) is 4.12. The van der Waals surface area contributed by atoms with Crippen LogP contribution in [0.15, 0.2) is 24.3 Å². The topological polar surface area (TPSA) is 49.4 Å². The van der Waals surface area contributed by atoms with Crippen LogP contribution < -0.4 is 5.32 Å². The number of fused-ring (bicyclic) bond motifs is 1. The molecule has 4 nitrogen and oxygen atoms in total. The molecule has 1 heterocycles. The number of amides is 2. The van der Waals surface area contributed by atoms with Crippen molar-refractivity contribution in [3.8, 4) is 0 Å². The van der Waals surface area contributed by atoms with E-state index in [4.69, 9.17) is 0 Å². The van der Waals surface area contributed by atoms with Crippen LogP contribution in [-0.2, 0) is 16.0 Å². The van der Waals surface area contributed by atoms with E-state index in [1.807, 2.05) is 30.0 Å². The Bertz CT molecular complexity index is 589. The fourth-order valence-electron chi connectivity index (χ4n) is 2.94. The highest BCUT2D eigenvalue weighted by Gasteiger charge is 2.31. The first-order chi connectivity index (χ1) is 10.7. The minimum Gasteiger partial charge on any atom is -0.353 e. The Kier molecular flexibility index (Phi) is 5.12. The van der Waals surface area contributed by atoms with Crippen LogP contribution in [0.5, 0.6) is 0 Å². The minimum absolute atomic E-state index is 0.000350. The van der Waals surface area contributed by atoms with Crippen molar-refractivity contribution in [1.29, 1.82) is 0 Å². The fourth-order valence-corrected chi connectivity index (χ4v) is 2.94. The van der Waals surface area contributed by atoms with Crippen LogP contribution in [0.2, 0.25) is 0 Å². The Morgan fingerprint density at radius 1 is 1.30 bits per heavy atom. The van der Waals surface area contributed by atoms with Gasteiger partial charge in [-0.15, -0.1) is 0 Å².